The van der Waals surface area contributed by atoms with Crippen LogP contribution in [-0.2, 0) is 14.3 Å². The maximum absolute atomic E-state index is 14.3. The van der Waals surface area contributed by atoms with Gasteiger partial charge in [-0.25, -0.2) is 13.2 Å². The van der Waals surface area contributed by atoms with Crippen LogP contribution in [0.15, 0.2) is 17.0 Å². The zero-order chi connectivity index (χ0) is 19.7. The van der Waals surface area contributed by atoms with Crippen LogP contribution in [0.1, 0.15) is 6.42 Å². The van der Waals surface area contributed by atoms with Gasteiger partial charge in [-0.05, 0) is 30.5 Å². The minimum absolute atomic E-state index is 0.0280. The van der Waals surface area contributed by atoms with Crippen molar-refractivity contribution in [2.45, 2.75) is 23.1 Å². The molecule has 0 aliphatic carbocycles. The van der Waals surface area contributed by atoms with E-state index in [1.54, 1.807) is 0 Å². The molecule has 3 heterocycles. The van der Waals surface area contributed by atoms with Crippen LogP contribution < -0.4 is 10.0 Å². The standard InChI is InChI=1S/C18H22F3N3O3S/c19-12-6-24(7-12)3-1-2-22-16-14(20)4-13(5-15(16)21)28-23-17(25)18-10-26-8-11(18)9-27-18/h4-5,11-12,22H,1-3,6-10H2,(H,23,25). The van der Waals surface area contributed by atoms with E-state index in [0.717, 1.165) is 11.9 Å². The Labute approximate surface area is 165 Å². The molecule has 3 aliphatic rings. The number of likely N-dealkylation sites (tertiary alicyclic amines) is 1. The maximum Gasteiger partial charge on any atom is 0.265 e. The summed E-state index contributed by atoms with van der Waals surface area (Å²) in [7, 11) is 0. The molecule has 1 aromatic carbocycles. The molecule has 6 nitrogen and oxygen atoms in total. The van der Waals surface area contributed by atoms with E-state index in [-0.39, 0.29) is 29.0 Å². The van der Waals surface area contributed by atoms with Crippen LogP contribution in [0.2, 0.25) is 0 Å². The lowest BCUT2D eigenvalue weighted by Gasteiger charge is -2.40. The molecular weight excluding hydrogens is 395 g/mol. The van der Waals surface area contributed by atoms with Crippen LogP contribution in [0.3, 0.4) is 0 Å². The van der Waals surface area contributed by atoms with Gasteiger partial charge in [0, 0.05) is 37.0 Å². The van der Waals surface area contributed by atoms with Crippen molar-refractivity contribution < 1.29 is 27.4 Å². The van der Waals surface area contributed by atoms with Gasteiger partial charge in [-0.3, -0.25) is 14.4 Å². The zero-order valence-corrected chi connectivity index (χ0v) is 16.0. The Morgan fingerprint density at radius 1 is 1.29 bits per heavy atom. The molecule has 10 heteroatoms. The molecule has 1 amide bonds. The van der Waals surface area contributed by atoms with Gasteiger partial charge in [0.15, 0.2) is 5.60 Å². The van der Waals surface area contributed by atoms with E-state index in [2.05, 4.69) is 10.0 Å². The van der Waals surface area contributed by atoms with E-state index in [1.807, 2.05) is 4.90 Å². The first-order chi connectivity index (χ1) is 13.5. The van der Waals surface area contributed by atoms with Gasteiger partial charge in [0.25, 0.3) is 5.91 Å². The normalized spacial score (nSPS) is 27.0. The summed E-state index contributed by atoms with van der Waals surface area (Å²) in [6.07, 6.45) is -0.0976. The molecule has 1 aromatic rings. The minimum atomic E-state index is -0.968. The van der Waals surface area contributed by atoms with Crippen molar-refractivity contribution in [1.29, 1.82) is 0 Å². The molecule has 0 radical (unpaired) electrons. The van der Waals surface area contributed by atoms with Crippen molar-refractivity contribution in [2.75, 3.05) is 51.3 Å². The largest absolute Gasteiger partial charge is 0.380 e. The van der Waals surface area contributed by atoms with E-state index in [0.29, 0.717) is 45.8 Å². The minimum Gasteiger partial charge on any atom is -0.380 e. The molecule has 3 fully saturated rings. The summed E-state index contributed by atoms with van der Waals surface area (Å²) in [4.78, 5) is 14.6. The molecule has 0 spiro atoms. The molecule has 28 heavy (non-hydrogen) atoms. The summed E-state index contributed by atoms with van der Waals surface area (Å²) in [5.41, 5.74) is -1.17. The highest BCUT2D eigenvalue weighted by atomic mass is 32.2. The van der Waals surface area contributed by atoms with Crippen molar-refractivity contribution in [2.24, 2.45) is 5.92 Å². The van der Waals surface area contributed by atoms with Crippen LogP contribution in [0.4, 0.5) is 18.9 Å². The first-order valence-electron chi connectivity index (χ1n) is 9.26. The molecule has 4 rings (SSSR count). The van der Waals surface area contributed by atoms with Crippen molar-refractivity contribution in [3.05, 3.63) is 23.8 Å². The number of ether oxygens (including phenoxy) is 2. The molecule has 3 aliphatic heterocycles. The highest BCUT2D eigenvalue weighted by Crippen LogP contribution is 2.39. The highest BCUT2D eigenvalue weighted by Gasteiger charge is 2.58. The molecule has 0 aromatic heterocycles. The third kappa shape index (κ3) is 3.83. The van der Waals surface area contributed by atoms with Crippen LogP contribution in [0.5, 0.6) is 0 Å². The number of nitrogens with zero attached hydrogens (tertiary/aromatic N) is 1. The Bertz CT molecular complexity index is 727. The lowest BCUT2D eigenvalue weighted by molar-refractivity contribution is -0.189. The van der Waals surface area contributed by atoms with E-state index >= 15 is 0 Å². The topological polar surface area (TPSA) is 62.8 Å². The number of halogens is 3. The molecule has 2 unspecified atom stereocenters. The number of carbonyl (C=O) groups excluding carboxylic acids is 1. The second kappa shape index (κ2) is 8.10. The Morgan fingerprint density at radius 2 is 2.04 bits per heavy atom. The van der Waals surface area contributed by atoms with Crippen molar-refractivity contribution in [3.8, 4) is 0 Å². The predicted molar refractivity (Wildman–Crippen MR) is 97.8 cm³/mol. The number of anilines is 1. The zero-order valence-electron chi connectivity index (χ0n) is 15.2. The quantitative estimate of drug-likeness (QED) is 0.498. The maximum atomic E-state index is 14.3. The lowest BCUT2D eigenvalue weighted by atomic mass is 9.85. The van der Waals surface area contributed by atoms with Gasteiger partial charge in [0.1, 0.15) is 23.5 Å². The fraction of sp³-hybridized carbons (Fsp3) is 0.611. The predicted octanol–water partition coefficient (Wildman–Crippen LogP) is 1.96. The summed E-state index contributed by atoms with van der Waals surface area (Å²) >= 11 is 0.845. The van der Waals surface area contributed by atoms with Crippen molar-refractivity contribution >= 4 is 23.5 Å². The third-order valence-electron chi connectivity index (χ3n) is 5.36. The number of rotatable bonds is 8. The molecule has 2 atom stereocenters. The Kier molecular flexibility index (Phi) is 5.73. The average Bonchev–Trinajstić information content (AvgIpc) is 2.91. The Morgan fingerprint density at radius 3 is 2.64 bits per heavy atom. The summed E-state index contributed by atoms with van der Waals surface area (Å²) in [5.74, 6) is -1.79. The summed E-state index contributed by atoms with van der Waals surface area (Å²) in [6.45, 7) is 3.08. The van der Waals surface area contributed by atoms with E-state index in [4.69, 9.17) is 9.47 Å². The highest BCUT2D eigenvalue weighted by molar-refractivity contribution is 7.98. The number of carbonyl (C=O) groups is 1. The van der Waals surface area contributed by atoms with Crippen LogP contribution >= 0.6 is 11.9 Å². The van der Waals surface area contributed by atoms with Crippen molar-refractivity contribution in [1.82, 2.24) is 9.62 Å². The van der Waals surface area contributed by atoms with E-state index in [1.165, 1.54) is 12.1 Å². The molecule has 3 saturated heterocycles. The van der Waals surface area contributed by atoms with Gasteiger partial charge >= 0.3 is 0 Å². The van der Waals surface area contributed by atoms with E-state index < -0.39 is 23.4 Å². The van der Waals surface area contributed by atoms with Gasteiger partial charge in [0.05, 0.1) is 19.8 Å². The van der Waals surface area contributed by atoms with Gasteiger partial charge in [-0.15, -0.1) is 0 Å². The number of hydrogen-bond donors (Lipinski definition) is 2. The molecular formula is C18H22F3N3O3S. The molecule has 0 bridgehead atoms. The second-order valence-electron chi connectivity index (χ2n) is 7.34. The molecule has 2 N–H and O–H groups in total. The molecule has 154 valence electrons. The number of hydrogen-bond acceptors (Lipinski definition) is 6. The third-order valence-corrected chi connectivity index (χ3v) is 6.12. The smallest absolute Gasteiger partial charge is 0.265 e. The van der Waals surface area contributed by atoms with Crippen molar-refractivity contribution in [3.63, 3.8) is 0 Å². The second-order valence-corrected chi connectivity index (χ2v) is 8.22. The van der Waals surface area contributed by atoms with Gasteiger partial charge in [-0.1, -0.05) is 0 Å². The number of amides is 1. The first kappa shape index (κ1) is 19.8. The number of nitrogens with one attached hydrogen (secondary N) is 2. The van der Waals surface area contributed by atoms with Gasteiger partial charge < -0.3 is 14.8 Å². The van der Waals surface area contributed by atoms with Crippen LogP contribution in [0, 0.1) is 17.6 Å². The van der Waals surface area contributed by atoms with E-state index in [9.17, 15) is 18.0 Å². The first-order valence-corrected chi connectivity index (χ1v) is 10.1. The number of benzene rings is 1. The fourth-order valence-electron chi connectivity index (χ4n) is 3.59. The van der Waals surface area contributed by atoms with Gasteiger partial charge in [0.2, 0.25) is 0 Å². The average molecular weight is 417 g/mol. The number of fused-ring (bicyclic) bond motifs is 1. The summed E-state index contributed by atoms with van der Waals surface area (Å²) < 4.78 is 54.6. The Hall–Kier alpha value is -1.49. The Balaban J connectivity index is 1.27. The number of alkyl halides is 1. The lowest BCUT2D eigenvalue weighted by Crippen LogP contribution is -2.61. The molecule has 0 saturated carbocycles. The van der Waals surface area contributed by atoms with Crippen LogP contribution in [-0.4, -0.2) is 68.6 Å². The van der Waals surface area contributed by atoms with Gasteiger partial charge in [-0.2, -0.15) is 0 Å². The fourth-order valence-corrected chi connectivity index (χ4v) is 4.30. The van der Waals surface area contributed by atoms with Crippen LogP contribution in [0.25, 0.3) is 0 Å². The summed E-state index contributed by atoms with van der Waals surface area (Å²) in [6, 6.07) is 2.34. The summed E-state index contributed by atoms with van der Waals surface area (Å²) in [5, 5.41) is 2.75. The monoisotopic (exact) mass is 417 g/mol. The SMILES string of the molecule is O=C(NSc1cc(F)c(NCCCN2CC(F)C2)c(F)c1)C12COCC1CO2.